The third-order valence-electron chi connectivity index (χ3n) is 2.72. The third-order valence-corrected chi connectivity index (χ3v) is 2.72. The van der Waals surface area contributed by atoms with E-state index >= 15 is 0 Å². The van der Waals surface area contributed by atoms with Crippen LogP contribution in [0, 0.1) is 11.3 Å². The van der Waals surface area contributed by atoms with Gasteiger partial charge in [-0.2, -0.15) is 5.26 Å². The number of anilines is 1. The van der Waals surface area contributed by atoms with Gasteiger partial charge in [0.2, 0.25) is 0 Å². The molecule has 1 aromatic carbocycles. The molecule has 0 saturated heterocycles. The number of nitriles is 1. The maximum absolute atomic E-state index is 8.65. The van der Waals surface area contributed by atoms with Gasteiger partial charge in [-0.1, -0.05) is 30.3 Å². The second kappa shape index (κ2) is 5.78. The molecule has 0 radical (unpaired) electrons. The molecule has 0 unspecified atom stereocenters. The molecule has 18 heavy (non-hydrogen) atoms. The van der Waals surface area contributed by atoms with E-state index in [1.54, 1.807) is 6.20 Å². The lowest BCUT2D eigenvalue weighted by molar-refractivity contribution is 0.854. The van der Waals surface area contributed by atoms with Gasteiger partial charge < -0.3 is 4.90 Å². The van der Waals surface area contributed by atoms with Crippen molar-refractivity contribution in [2.45, 2.75) is 6.42 Å². The molecule has 2 rings (SSSR count). The van der Waals surface area contributed by atoms with Crippen LogP contribution in [-0.2, 0) is 6.42 Å². The Kier molecular flexibility index (Phi) is 3.87. The Labute approximate surface area is 107 Å². The normalized spacial score (nSPS) is 9.78. The molecule has 0 aliphatic carbocycles. The SMILES string of the molecule is CN(CCc1ccccc1)c1cnc(C#N)cn1. The lowest BCUT2D eigenvalue weighted by Gasteiger charge is -2.17. The van der Waals surface area contributed by atoms with Gasteiger partial charge in [0.15, 0.2) is 5.69 Å². The number of nitrogens with zero attached hydrogens (tertiary/aromatic N) is 4. The van der Waals surface area contributed by atoms with Crippen LogP contribution in [0.25, 0.3) is 0 Å². The Morgan fingerprint density at radius 3 is 2.56 bits per heavy atom. The third kappa shape index (κ3) is 3.05. The van der Waals surface area contributed by atoms with Crippen molar-refractivity contribution < 1.29 is 0 Å². The van der Waals surface area contributed by atoms with Crippen LogP contribution in [0.1, 0.15) is 11.3 Å². The molecular weight excluding hydrogens is 224 g/mol. The van der Waals surface area contributed by atoms with Gasteiger partial charge in [0, 0.05) is 13.6 Å². The van der Waals surface area contributed by atoms with E-state index in [1.165, 1.54) is 11.8 Å². The standard InChI is InChI=1S/C14H14N4/c1-18(8-7-12-5-3-2-4-6-12)14-11-16-13(9-15)10-17-14/h2-6,10-11H,7-8H2,1H3. The van der Waals surface area contributed by atoms with Crippen molar-refractivity contribution >= 4 is 5.82 Å². The van der Waals surface area contributed by atoms with E-state index in [0.717, 1.165) is 18.8 Å². The van der Waals surface area contributed by atoms with Crippen molar-refractivity contribution in [1.82, 2.24) is 9.97 Å². The summed E-state index contributed by atoms with van der Waals surface area (Å²) in [5.74, 6) is 0.782. The second-order valence-corrected chi connectivity index (χ2v) is 4.03. The zero-order chi connectivity index (χ0) is 12.8. The van der Waals surface area contributed by atoms with E-state index in [2.05, 4.69) is 22.1 Å². The van der Waals surface area contributed by atoms with Crippen LogP contribution in [0.5, 0.6) is 0 Å². The zero-order valence-corrected chi connectivity index (χ0v) is 10.2. The summed E-state index contributed by atoms with van der Waals surface area (Å²) in [5, 5.41) is 8.65. The summed E-state index contributed by atoms with van der Waals surface area (Å²) in [4.78, 5) is 10.2. The summed E-state index contributed by atoms with van der Waals surface area (Å²) in [6, 6.07) is 12.3. The fraction of sp³-hybridized carbons (Fsp3) is 0.214. The number of hydrogen-bond donors (Lipinski definition) is 0. The monoisotopic (exact) mass is 238 g/mol. The molecule has 0 fully saturated rings. The molecule has 0 bridgehead atoms. The van der Waals surface area contributed by atoms with Crippen molar-refractivity contribution in [1.29, 1.82) is 5.26 Å². The lowest BCUT2D eigenvalue weighted by Crippen LogP contribution is -2.21. The van der Waals surface area contributed by atoms with Gasteiger partial charge in [0.1, 0.15) is 11.9 Å². The average molecular weight is 238 g/mol. The molecule has 0 aliphatic heterocycles. The fourth-order valence-electron chi connectivity index (χ4n) is 1.63. The van der Waals surface area contributed by atoms with Gasteiger partial charge >= 0.3 is 0 Å². The summed E-state index contributed by atoms with van der Waals surface area (Å²) in [7, 11) is 1.97. The minimum atomic E-state index is 0.343. The van der Waals surface area contributed by atoms with E-state index in [4.69, 9.17) is 5.26 Å². The van der Waals surface area contributed by atoms with Gasteiger partial charge in [0.25, 0.3) is 0 Å². The Bertz CT molecular complexity index is 528. The van der Waals surface area contributed by atoms with Crippen LogP contribution >= 0.6 is 0 Å². The molecule has 90 valence electrons. The quantitative estimate of drug-likeness (QED) is 0.817. The maximum atomic E-state index is 8.65. The Morgan fingerprint density at radius 1 is 1.17 bits per heavy atom. The van der Waals surface area contributed by atoms with Crippen LogP contribution in [0.4, 0.5) is 5.82 Å². The van der Waals surface area contributed by atoms with Crippen LogP contribution in [0.3, 0.4) is 0 Å². The summed E-state index contributed by atoms with van der Waals surface area (Å²) in [5.41, 5.74) is 1.64. The molecule has 1 heterocycles. The molecule has 0 spiro atoms. The van der Waals surface area contributed by atoms with Crippen molar-refractivity contribution in [3.05, 3.63) is 54.0 Å². The molecule has 0 atom stereocenters. The first-order chi connectivity index (χ1) is 8.79. The van der Waals surface area contributed by atoms with Crippen molar-refractivity contribution in [2.75, 3.05) is 18.5 Å². The highest BCUT2D eigenvalue weighted by molar-refractivity contribution is 5.36. The number of aromatic nitrogens is 2. The highest BCUT2D eigenvalue weighted by Gasteiger charge is 2.03. The van der Waals surface area contributed by atoms with Crippen LogP contribution < -0.4 is 4.90 Å². The molecule has 2 aromatic rings. The number of hydrogen-bond acceptors (Lipinski definition) is 4. The molecule has 0 amide bonds. The number of likely N-dealkylation sites (N-methyl/N-ethyl adjacent to an activating group) is 1. The van der Waals surface area contributed by atoms with Gasteiger partial charge in [-0.3, -0.25) is 0 Å². The van der Waals surface area contributed by atoms with Gasteiger partial charge in [-0.25, -0.2) is 9.97 Å². The lowest BCUT2D eigenvalue weighted by atomic mass is 10.1. The van der Waals surface area contributed by atoms with E-state index in [1.807, 2.05) is 36.2 Å². The molecule has 0 aliphatic rings. The van der Waals surface area contributed by atoms with Crippen LogP contribution in [0.2, 0.25) is 0 Å². The Balaban J connectivity index is 1.95. The molecule has 0 N–H and O–H groups in total. The Morgan fingerprint density at radius 2 is 1.94 bits per heavy atom. The molecule has 0 saturated carbocycles. The van der Waals surface area contributed by atoms with E-state index in [-0.39, 0.29) is 0 Å². The van der Waals surface area contributed by atoms with E-state index in [0.29, 0.717) is 5.69 Å². The highest BCUT2D eigenvalue weighted by Crippen LogP contribution is 2.08. The average Bonchev–Trinajstić information content (AvgIpc) is 2.46. The fourth-order valence-corrected chi connectivity index (χ4v) is 1.63. The van der Waals surface area contributed by atoms with E-state index in [9.17, 15) is 0 Å². The minimum absolute atomic E-state index is 0.343. The van der Waals surface area contributed by atoms with Crippen LogP contribution in [0.15, 0.2) is 42.7 Å². The van der Waals surface area contributed by atoms with Gasteiger partial charge in [0.05, 0.1) is 12.4 Å². The summed E-state index contributed by atoms with van der Waals surface area (Å²) in [6.45, 7) is 0.866. The molecule has 1 aromatic heterocycles. The van der Waals surface area contributed by atoms with Crippen molar-refractivity contribution in [2.24, 2.45) is 0 Å². The molecule has 4 nitrogen and oxygen atoms in total. The molecular formula is C14H14N4. The smallest absolute Gasteiger partial charge is 0.158 e. The maximum Gasteiger partial charge on any atom is 0.158 e. The highest BCUT2D eigenvalue weighted by atomic mass is 15.2. The van der Waals surface area contributed by atoms with E-state index < -0.39 is 0 Å². The predicted octanol–water partition coefficient (Wildman–Crippen LogP) is 2.03. The van der Waals surface area contributed by atoms with Crippen molar-refractivity contribution in [3.63, 3.8) is 0 Å². The van der Waals surface area contributed by atoms with Gasteiger partial charge in [-0.05, 0) is 12.0 Å². The van der Waals surface area contributed by atoms with Crippen LogP contribution in [-0.4, -0.2) is 23.6 Å². The zero-order valence-electron chi connectivity index (χ0n) is 10.2. The molecule has 4 heteroatoms. The predicted molar refractivity (Wildman–Crippen MR) is 70.2 cm³/mol. The number of benzene rings is 1. The largest absolute Gasteiger partial charge is 0.358 e. The Hall–Kier alpha value is -2.41. The van der Waals surface area contributed by atoms with Crippen molar-refractivity contribution in [3.8, 4) is 6.07 Å². The summed E-state index contributed by atoms with van der Waals surface area (Å²) < 4.78 is 0. The first-order valence-electron chi connectivity index (χ1n) is 5.77. The number of rotatable bonds is 4. The minimum Gasteiger partial charge on any atom is -0.358 e. The van der Waals surface area contributed by atoms with Gasteiger partial charge in [-0.15, -0.1) is 0 Å². The summed E-state index contributed by atoms with van der Waals surface area (Å²) >= 11 is 0. The first-order valence-corrected chi connectivity index (χ1v) is 5.77. The topological polar surface area (TPSA) is 52.8 Å². The second-order valence-electron chi connectivity index (χ2n) is 4.03. The summed E-state index contributed by atoms with van der Waals surface area (Å²) in [6.07, 6.45) is 4.08. The first kappa shape index (κ1) is 12.1.